The molecule has 5 heteroatoms. The highest BCUT2D eigenvalue weighted by Gasteiger charge is 2.12. The van der Waals surface area contributed by atoms with Gasteiger partial charge in [0, 0.05) is 24.5 Å². The van der Waals surface area contributed by atoms with Crippen molar-refractivity contribution < 1.29 is 4.74 Å². The zero-order valence-electron chi connectivity index (χ0n) is 15.7. The lowest BCUT2D eigenvalue weighted by Crippen LogP contribution is -2.36. The fourth-order valence-electron chi connectivity index (χ4n) is 3.19. The molecule has 0 aliphatic carbocycles. The van der Waals surface area contributed by atoms with Crippen LogP contribution in [0.15, 0.2) is 42.5 Å². The summed E-state index contributed by atoms with van der Waals surface area (Å²) in [7, 11) is 0. The molecule has 0 bridgehead atoms. The summed E-state index contributed by atoms with van der Waals surface area (Å²) in [6, 6.07) is 15.1. The van der Waals surface area contributed by atoms with Crippen LogP contribution < -0.4 is 15.5 Å². The van der Waals surface area contributed by atoms with Gasteiger partial charge < -0.3 is 20.3 Å². The highest BCUT2D eigenvalue weighted by Crippen LogP contribution is 2.21. The van der Waals surface area contributed by atoms with E-state index in [-0.39, 0.29) is 6.04 Å². The van der Waals surface area contributed by atoms with E-state index in [9.17, 15) is 0 Å². The predicted molar refractivity (Wildman–Crippen MR) is 113 cm³/mol. The van der Waals surface area contributed by atoms with Gasteiger partial charge in [0.15, 0.2) is 5.11 Å². The quantitative estimate of drug-likeness (QED) is 0.791. The summed E-state index contributed by atoms with van der Waals surface area (Å²) in [4.78, 5) is 2.36. The molecule has 2 aromatic rings. The van der Waals surface area contributed by atoms with Gasteiger partial charge in [0.1, 0.15) is 0 Å². The van der Waals surface area contributed by atoms with Crippen LogP contribution in [0.5, 0.6) is 0 Å². The van der Waals surface area contributed by atoms with Crippen LogP contribution in [0, 0.1) is 13.8 Å². The number of morpholine rings is 1. The van der Waals surface area contributed by atoms with Crippen molar-refractivity contribution in [1.29, 1.82) is 0 Å². The van der Waals surface area contributed by atoms with Gasteiger partial charge in [-0.25, -0.2) is 0 Å². The van der Waals surface area contributed by atoms with Gasteiger partial charge in [-0.15, -0.1) is 0 Å². The van der Waals surface area contributed by atoms with E-state index in [2.05, 4.69) is 78.8 Å². The Morgan fingerprint density at radius 3 is 2.42 bits per heavy atom. The number of rotatable bonds is 4. The molecule has 1 fully saturated rings. The van der Waals surface area contributed by atoms with Crippen molar-refractivity contribution >= 4 is 28.7 Å². The molecule has 2 N–H and O–H groups in total. The van der Waals surface area contributed by atoms with Crippen LogP contribution in [-0.4, -0.2) is 31.4 Å². The number of nitrogens with one attached hydrogen (secondary N) is 2. The number of hydrogen-bond donors (Lipinski definition) is 2. The summed E-state index contributed by atoms with van der Waals surface area (Å²) in [6.45, 7) is 9.83. The van der Waals surface area contributed by atoms with E-state index in [0.717, 1.165) is 32.0 Å². The second-order valence-electron chi connectivity index (χ2n) is 6.83. The zero-order valence-corrected chi connectivity index (χ0v) is 16.5. The first kappa shape index (κ1) is 18.7. The molecule has 0 aromatic heterocycles. The minimum atomic E-state index is 0.138. The smallest absolute Gasteiger partial charge is 0.171 e. The Morgan fingerprint density at radius 1 is 1.08 bits per heavy atom. The third-order valence-electron chi connectivity index (χ3n) is 4.75. The van der Waals surface area contributed by atoms with Gasteiger partial charge >= 0.3 is 0 Å². The summed E-state index contributed by atoms with van der Waals surface area (Å²) in [5.74, 6) is 0. The first-order valence-electron chi connectivity index (χ1n) is 9.10. The topological polar surface area (TPSA) is 36.5 Å². The molecule has 2 aromatic carbocycles. The van der Waals surface area contributed by atoms with E-state index in [4.69, 9.17) is 17.0 Å². The number of aryl methyl sites for hydroxylation is 2. The SMILES string of the molecule is Cc1ccc(NC(=S)NC(C)c2ccc(N3CCOCC3)cc2)c(C)c1. The van der Waals surface area contributed by atoms with Crippen LogP contribution in [0.25, 0.3) is 0 Å². The molecule has 0 amide bonds. The first-order valence-corrected chi connectivity index (χ1v) is 9.51. The molecular formula is C21H27N3OS. The molecule has 4 nitrogen and oxygen atoms in total. The fourth-order valence-corrected chi connectivity index (χ4v) is 3.47. The Morgan fingerprint density at radius 2 is 1.77 bits per heavy atom. The first-order chi connectivity index (χ1) is 12.5. The van der Waals surface area contributed by atoms with E-state index in [1.54, 1.807) is 0 Å². The molecule has 1 heterocycles. The van der Waals surface area contributed by atoms with Crippen molar-refractivity contribution in [3.8, 4) is 0 Å². The normalized spacial score (nSPS) is 15.4. The average Bonchev–Trinajstić information content (AvgIpc) is 2.65. The van der Waals surface area contributed by atoms with Gasteiger partial charge in [0.25, 0.3) is 0 Å². The maximum atomic E-state index is 5.49. The fraction of sp³-hybridized carbons (Fsp3) is 0.381. The van der Waals surface area contributed by atoms with Gasteiger partial charge in [-0.2, -0.15) is 0 Å². The number of nitrogens with zero attached hydrogens (tertiary/aromatic N) is 1. The van der Waals surface area contributed by atoms with Crippen LogP contribution in [-0.2, 0) is 4.74 Å². The standard InChI is InChI=1S/C21H27N3OS/c1-15-4-9-20(16(2)14-15)23-21(26)22-17(3)18-5-7-19(8-6-18)24-10-12-25-13-11-24/h4-9,14,17H,10-13H2,1-3H3,(H2,22,23,26). The molecule has 0 radical (unpaired) electrons. The maximum Gasteiger partial charge on any atom is 0.171 e. The molecule has 1 saturated heterocycles. The number of benzene rings is 2. The summed E-state index contributed by atoms with van der Waals surface area (Å²) in [5, 5.41) is 7.31. The Bertz CT molecular complexity index is 754. The van der Waals surface area contributed by atoms with E-state index < -0.39 is 0 Å². The molecule has 26 heavy (non-hydrogen) atoms. The average molecular weight is 370 g/mol. The second kappa shape index (κ2) is 8.52. The minimum Gasteiger partial charge on any atom is -0.378 e. The van der Waals surface area contributed by atoms with Gasteiger partial charge in [0.2, 0.25) is 0 Å². The Balaban J connectivity index is 1.58. The molecule has 138 valence electrons. The molecule has 0 saturated carbocycles. The molecule has 1 atom stereocenters. The van der Waals surface area contributed by atoms with Gasteiger partial charge in [-0.1, -0.05) is 29.8 Å². The molecule has 0 spiro atoms. The van der Waals surface area contributed by atoms with Crippen molar-refractivity contribution in [2.45, 2.75) is 26.8 Å². The zero-order chi connectivity index (χ0) is 18.5. The van der Waals surface area contributed by atoms with Crippen molar-refractivity contribution in [3.63, 3.8) is 0 Å². The molecule has 1 aliphatic rings. The Labute approximate surface area is 161 Å². The van der Waals surface area contributed by atoms with E-state index in [0.29, 0.717) is 5.11 Å². The van der Waals surface area contributed by atoms with E-state index in [1.165, 1.54) is 22.4 Å². The molecule has 1 unspecified atom stereocenters. The maximum absolute atomic E-state index is 5.49. The van der Waals surface area contributed by atoms with Crippen molar-refractivity contribution in [2.75, 3.05) is 36.5 Å². The lowest BCUT2D eigenvalue weighted by Gasteiger charge is -2.29. The van der Waals surface area contributed by atoms with Crippen molar-refractivity contribution in [3.05, 3.63) is 59.2 Å². The Kier molecular flexibility index (Phi) is 6.12. The largest absolute Gasteiger partial charge is 0.378 e. The van der Waals surface area contributed by atoms with E-state index in [1.807, 2.05) is 0 Å². The predicted octanol–water partition coefficient (Wildman–Crippen LogP) is 4.19. The van der Waals surface area contributed by atoms with Crippen LogP contribution >= 0.6 is 12.2 Å². The lowest BCUT2D eigenvalue weighted by molar-refractivity contribution is 0.122. The van der Waals surface area contributed by atoms with Gasteiger partial charge in [0.05, 0.1) is 19.3 Å². The van der Waals surface area contributed by atoms with Gasteiger partial charge in [-0.3, -0.25) is 0 Å². The molecule has 3 rings (SSSR count). The van der Waals surface area contributed by atoms with Crippen LogP contribution in [0.3, 0.4) is 0 Å². The van der Waals surface area contributed by atoms with Crippen LogP contribution in [0.4, 0.5) is 11.4 Å². The Hall–Kier alpha value is -2.11. The summed E-state index contributed by atoms with van der Waals surface area (Å²) in [6.07, 6.45) is 0. The van der Waals surface area contributed by atoms with Crippen LogP contribution in [0.1, 0.15) is 29.7 Å². The third kappa shape index (κ3) is 4.74. The third-order valence-corrected chi connectivity index (χ3v) is 4.97. The van der Waals surface area contributed by atoms with Crippen molar-refractivity contribution in [1.82, 2.24) is 5.32 Å². The second-order valence-corrected chi connectivity index (χ2v) is 7.24. The lowest BCUT2D eigenvalue weighted by atomic mass is 10.1. The highest BCUT2D eigenvalue weighted by molar-refractivity contribution is 7.80. The number of thiocarbonyl (C=S) groups is 1. The summed E-state index contributed by atoms with van der Waals surface area (Å²) < 4.78 is 5.42. The molecular weight excluding hydrogens is 342 g/mol. The van der Waals surface area contributed by atoms with Gasteiger partial charge in [-0.05, 0) is 62.3 Å². The number of ether oxygens (including phenoxy) is 1. The van der Waals surface area contributed by atoms with Crippen LogP contribution in [0.2, 0.25) is 0 Å². The number of hydrogen-bond acceptors (Lipinski definition) is 3. The van der Waals surface area contributed by atoms with Crippen molar-refractivity contribution in [2.24, 2.45) is 0 Å². The number of anilines is 2. The summed E-state index contributed by atoms with van der Waals surface area (Å²) in [5.41, 5.74) is 5.95. The monoisotopic (exact) mass is 369 g/mol. The minimum absolute atomic E-state index is 0.138. The molecule has 1 aliphatic heterocycles. The highest BCUT2D eigenvalue weighted by atomic mass is 32.1. The summed E-state index contributed by atoms with van der Waals surface area (Å²) >= 11 is 5.49. The van der Waals surface area contributed by atoms with E-state index >= 15 is 0 Å².